The quantitative estimate of drug-likeness (QED) is 0.680. The lowest BCUT2D eigenvalue weighted by Gasteiger charge is -2.29. The normalized spacial score (nSPS) is 24.8. The van der Waals surface area contributed by atoms with Crippen LogP contribution in [0, 0.1) is 5.92 Å². The Balaban J connectivity index is 1.87. The fourth-order valence-corrected chi connectivity index (χ4v) is 2.10. The molecule has 13 heavy (non-hydrogen) atoms. The number of nitrogens with zero attached hydrogens (tertiary/aromatic N) is 3. The van der Waals surface area contributed by atoms with Crippen LogP contribution in [0.15, 0.2) is 18.5 Å². The van der Waals surface area contributed by atoms with Gasteiger partial charge in [0, 0.05) is 25.5 Å². The largest absolute Gasteiger partial charge is 0.306 e. The molecule has 1 atom stereocenters. The van der Waals surface area contributed by atoms with Crippen molar-refractivity contribution in [2.45, 2.75) is 19.4 Å². The molecule has 3 nitrogen and oxygen atoms in total. The first-order chi connectivity index (χ1) is 6.34. The standard InChI is InChI=1S/C10H17N3/c1-12-6-2-4-10(8-12)9-13-7-3-5-11-13/h3,5,7,10H,2,4,6,8-9H2,1H3. The highest BCUT2D eigenvalue weighted by Crippen LogP contribution is 2.16. The summed E-state index contributed by atoms with van der Waals surface area (Å²) in [5, 5.41) is 4.23. The van der Waals surface area contributed by atoms with E-state index in [-0.39, 0.29) is 0 Å². The molecule has 1 saturated heterocycles. The molecule has 1 aliphatic heterocycles. The SMILES string of the molecule is CN1CCCC(Cn2cccn2)C1. The van der Waals surface area contributed by atoms with Gasteiger partial charge >= 0.3 is 0 Å². The van der Waals surface area contributed by atoms with Crippen molar-refractivity contribution >= 4 is 0 Å². The van der Waals surface area contributed by atoms with E-state index in [9.17, 15) is 0 Å². The Hall–Kier alpha value is -0.830. The molecule has 2 heterocycles. The first-order valence-corrected chi connectivity index (χ1v) is 5.00. The van der Waals surface area contributed by atoms with Gasteiger partial charge in [-0.1, -0.05) is 0 Å². The Morgan fingerprint density at radius 3 is 3.15 bits per heavy atom. The summed E-state index contributed by atoms with van der Waals surface area (Å²) in [7, 11) is 2.20. The van der Waals surface area contributed by atoms with Crippen molar-refractivity contribution in [2.24, 2.45) is 5.92 Å². The molecule has 2 rings (SSSR count). The number of hydrogen-bond donors (Lipinski definition) is 0. The van der Waals surface area contributed by atoms with Gasteiger partial charge in [-0.05, 0) is 38.4 Å². The van der Waals surface area contributed by atoms with Crippen molar-refractivity contribution in [3.63, 3.8) is 0 Å². The topological polar surface area (TPSA) is 21.1 Å². The minimum absolute atomic E-state index is 0.790. The Labute approximate surface area is 79.3 Å². The maximum atomic E-state index is 4.23. The molecule has 72 valence electrons. The Morgan fingerprint density at radius 2 is 2.46 bits per heavy atom. The van der Waals surface area contributed by atoms with Crippen molar-refractivity contribution in [2.75, 3.05) is 20.1 Å². The van der Waals surface area contributed by atoms with E-state index in [2.05, 4.69) is 23.2 Å². The van der Waals surface area contributed by atoms with Crippen LogP contribution >= 0.6 is 0 Å². The molecule has 1 unspecified atom stereocenters. The van der Waals surface area contributed by atoms with E-state index in [1.54, 1.807) is 0 Å². The van der Waals surface area contributed by atoms with E-state index in [1.807, 2.05) is 16.9 Å². The second kappa shape index (κ2) is 3.92. The highest BCUT2D eigenvalue weighted by atomic mass is 15.3. The third-order valence-corrected chi connectivity index (χ3v) is 2.73. The summed E-state index contributed by atoms with van der Waals surface area (Å²) in [4.78, 5) is 2.41. The molecule has 1 aromatic heterocycles. The number of piperidine rings is 1. The summed E-state index contributed by atoms with van der Waals surface area (Å²) in [6, 6.07) is 1.99. The van der Waals surface area contributed by atoms with Gasteiger partial charge in [-0.15, -0.1) is 0 Å². The number of aromatic nitrogens is 2. The van der Waals surface area contributed by atoms with Crippen molar-refractivity contribution < 1.29 is 0 Å². The minimum atomic E-state index is 0.790. The molecule has 0 radical (unpaired) electrons. The molecule has 0 amide bonds. The molecule has 1 fully saturated rings. The van der Waals surface area contributed by atoms with Gasteiger partial charge in [-0.25, -0.2) is 0 Å². The lowest BCUT2D eigenvalue weighted by Crippen LogP contribution is -2.34. The van der Waals surface area contributed by atoms with Crippen LogP contribution in [0.3, 0.4) is 0 Å². The average molecular weight is 179 g/mol. The van der Waals surface area contributed by atoms with Gasteiger partial charge in [0.2, 0.25) is 0 Å². The molecule has 0 saturated carbocycles. The molecule has 0 bridgehead atoms. The van der Waals surface area contributed by atoms with Crippen LogP contribution in [0.1, 0.15) is 12.8 Å². The monoisotopic (exact) mass is 179 g/mol. The maximum absolute atomic E-state index is 4.23. The van der Waals surface area contributed by atoms with Crippen LogP contribution in [0.5, 0.6) is 0 Å². The summed E-state index contributed by atoms with van der Waals surface area (Å²) in [6.45, 7) is 3.56. The summed E-state index contributed by atoms with van der Waals surface area (Å²) in [5.41, 5.74) is 0. The van der Waals surface area contributed by atoms with Crippen LogP contribution < -0.4 is 0 Å². The predicted octanol–water partition coefficient (Wildman–Crippen LogP) is 1.22. The fourth-order valence-electron chi connectivity index (χ4n) is 2.10. The van der Waals surface area contributed by atoms with E-state index in [0.29, 0.717) is 0 Å². The van der Waals surface area contributed by atoms with Gasteiger partial charge < -0.3 is 4.90 Å². The number of rotatable bonds is 2. The first-order valence-electron chi connectivity index (χ1n) is 5.00. The van der Waals surface area contributed by atoms with E-state index in [4.69, 9.17) is 0 Å². The van der Waals surface area contributed by atoms with E-state index >= 15 is 0 Å². The second-order valence-corrected chi connectivity index (χ2v) is 4.00. The molecule has 0 spiro atoms. The minimum Gasteiger partial charge on any atom is -0.306 e. The number of hydrogen-bond acceptors (Lipinski definition) is 2. The Bertz CT molecular complexity index is 243. The van der Waals surface area contributed by atoms with Crippen LogP contribution in [0.2, 0.25) is 0 Å². The van der Waals surface area contributed by atoms with Gasteiger partial charge in [-0.2, -0.15) is 5.10 Å². The zero-order valence-corrected chi connectivity index (χ0v) is 8.19. The summed E-state index contributed by atoms with van der Waals surface area (Å²) < 4.78 is 2.05. The summed E-state index contributed by atoms with van der Waals surface area (Å²) >= 11 is 0. The second-order valence-electron chi connectivity index (χ2n) is 4.00. The molecular formula is C10H17N3. The van der Waals surface area contributed by atoms with Gasteiger partial charge in [0.15, 0.2) is 0 Å². The van der Waals surface area contributed by atoms with Gasteiger partial charge in [0.25, 0.3) is 0 Å². The average Bonchev–Trinajstić information content (AvgIpc) is 2.57. The highest BCUT2D eigenvalue weighted by molar-refractivity contribution is 4.79. The Kier molecular flexibility index (Phi) is 2.64. The molecule has 1 aliphatic rings. The smallest absolute Gasteiger partial charge is 0.0489 e. The Morgan fingerprint density at radius 1 is 1.54 bits per heavy atom. The molecular weight excluding hydrogens is 162 g/mol. The van der Waals surface area contributed by atoms with Gasteiger partial charge in [0.1, 0.15) is 0 Å². The van der Waals surface area contributed by atoms with E-state index in [0.717, 1.165) is 12.5 Å². The summed E-state index contributed by atoms with van der Waals surface area (Å²) in [6.07, 6.45) is 6.59. The van der Waals surface area contributed by atoms with Crippen molar-refractivity contribution in [3.8, 4) is 0 Å². The highest BCUT2D eigenvalue weighted by Gasteiger charge is 2.17. The van der Waals surface area contributed by atoms with Crippen LogP contribution in [0.4, 0.5) is 0 Å². The van der Waals surface area contributed by atoms with Crippen LogP contribution in [0.25, 0.3) is 0 Å². The lowest BCUT2D eigenvalue weighted by atomic mass is 9.99. The zero-order chi connectivity index (χ0) is 9.10. The molecule has 1 aromatic rings. The van der Waals surface area contributed by atoms with Crippen LogP contribution in [-0.4, -0.2) is 34.8 Å². The van der Waals surface area contributed by atoms with Crippen molar-refractivity contribution in [1.82, 2.24) is 14.7 Å². The van der Waals surface area contributed by atoms with Gasteiger partial charge in [-0.3, -0.25) is 4.68 Å². The molecule has 0 N–H and O–H groups in total. The summed E-state index contributed by atoms with van der Waals surface area (Å²) in [5.74, 6) is 0.790. The predicted molar refractivity (Wildman–Crippen MR) is 52.4 cm³/mol. The lowest BCUT2D eigenvalue weighted by molar-refractivity contribution is 0.190. The third kappa shape index (κ3) is 2.31. The van der Waals surface area contributed by atoms with Crippen molar-refractivity contribution in [3.05, 3.63) is 18.5 Å². The molecule has 0 aliphatic carbocycles. The third-order valence-electron chi connectivity index (χ3n) is 2.73. The molecule has 3 heteroatoms. The van der Waals surface area contributed by atoms with E-state index in [1.165, 1.54) is 25.9 Å². The zero-order valence-electron chi connectivity index (χ0n) is 8.19. The number of likely N-dealkylation sites (tertiary alicyclic amines) is 1. The molecule has 0 aromatic carbocycles. The fraction of sp³-hybridized carbons (Fsp3) is 0.700. The first kappa shape index (κ1) is 8.75. The van der Waals surface area contributed by atoms with Crippen molar-refractivity contribution in [1.29, 1.82) is 0 Å². The van der Waals surface area contributed by atoms with Gasteiger partial charge in [0.05, 0.1) is 0 Å². The van der Waals surface area contributed by atoms with E-state index < -0.39 is 0 Å². The maximum Gasteiger partial charge on any atom is 0.0489 e. The van der Waals surface area contributed by atoms with Crippen LogP contribution in [-0.2, 0) is 6.54 Å².